The fraction of sp³-hybridized carbons (Fsp3) is 1.00. The summed E-state index contributed by atoms with van der Waals surface area (Å²) in [6.07, 6.45) is 14.6. The molecule has 4 fully saturated rings. The highest BCUT2D eigenvalue weighted by molar-refractivity contribution is 5.08. The molecular formula is C28H50O2. The molecule has 0 radical (unpaired) electrons. The summed E-state index contributed by atoms with van der Waals surface area (Å²) in [7, 11) is 0. The number of hydrogen-bond acceptors (Lipinski definition) is 2. The molecule has 4 rings (SSSR count). The Morgan fingerprint density at radius 1 is 0.867 bits per heavy atom. The second-order valence-electron chi connectivity index (χ2n) is 12.9. The first-order valence-corrected chi connectivity index (χ1v) is 13.6. The molecule has 2 nitrogen and oxygen atoms in total. The van der Waals surface area contributed by atoms with Gasteiger partial charge in [-0.25, -0.2) is 0 Å². The summed E-state index contributed by atoms with van der Waals surface area (Å²) in [6, 6.07) is 0. The van der Waals surface area contributed by atoms with E-state index in [1.165, 1.54) is 44.9 Å². The number of aliphatic hydroxyl groups is 2. The van der Waals surface area contributed by atoms with Crippen LogP contribution in [0.3, 0.4) is 0 Å². The predicted molar refractivity (Wildman–Crippen MR) is 125 cm³/mol. The van der Waals surface area contributed by atoms with Crippen molar-refractivity contribution >= 4 is 0 Å². The van der Waals surface area contributed by atoms with Crippen molar-refractivity contribution in [1.29, 1.82) is 0 Å². The van der Waals surface area contributed by atoms with Crippen molar-refractivity contribution in [3.63, 3.8) is 0 Å². The van der Waals surface area contributed by atoms with Crippen molar-refractivity contribution in [1.82, 2.24) is 0 Å². The smallest absolute Gasteiger partial charge is 0.0648 e. The molecule has 2 heteroatoms. The highest BCUT2D eigenvalue weighted by atomic mass is 16.3. The van der Waals surface area contributed by atoms with Gasteiger partial charge < -0.3 is 10.2 Å². The molecule has 0 spiro atoms. The third-order valence-electron chi connectivity index (χ3n) is 11.1. The number of rotatable bonds is 6. The third-order valence-corrected chi connectivity index (χ3v) is 11.1. The Hall–Kier alpha value is -0.0800. The average Bonchev–Trinajstić information content (AvgIpc) is 3.08. The zero-order chi connectivity index (χ0) is 21.7. The monoisotopic (exact) mass is 418 g/mol. The van der Waals surface area contributed by atoms with E-state index in [0.717, 1.165) is 61.7 Å². The van der Waals surface area contributed by atoms with Crippen molar-refractivity contribution in [3.8, 4) is 0 Å². The predicted octanol–water partition coefficient (Wildman–Crippen LogP) is 6.83. The summed E-state index contributed by atoms with van der Waals surface area (Å²) in [4.78, 5) is 0. The summed E-state index contributed by atoms with van der Waals surface area (Å²) < 4.78 is 0. The maximum absolute atomic E-state index is 11.0. The molecule has 10 atom stereocenters. The van der Waals surface area contributed by atoms with Gasteiger partial charge in [0.15, 0.2) is 0 Å². The van der Waals surface area contributed by atoms with Gasteiger partial charge in [-0.1, -0.05) is 34.6 Å². The second kappa shape index (κ2) is 8.69. The SMILES string of the molecule is CC[C@]1(O)CC[C@H]2[C@@H](CC[C@@H]3[C@@H]2CC[C@]2(C)[C@@H]([C@H](C)[C@H](O)CCC(C)C)CC[C@@H]32)C1. The average molecular weight is 419 g/mol. The van der Waals surface area contributed by atoms with E-state index in [0.29, 0.717) is 23.2 Å². The van der Waals surface area contributed by atoms with E-state index >= 15 is 0 Å². The molecule has 0 amide bonds. The molecule has 0 bridgehead atoms. The minimum absolute atomic E-state index is 0.119. The molecule has 0 aromatic carbocycles. The fourth-order valence-corrected chi connectivity index (χ4v) is 9.22. The molecule has 0 aliphatic heterocycles. The molecule has 0 aromatic heterocycles. The zero-order valence-corrected chi connectivity index (χ0v) is 20.6. The molecule has 30 heavy (non-hydrogen) atoms. The van der Waals surface area contributed by atoms with E-state index < -0.39 is 0 Å². The van der Waals surface area contributed by atoms with Crippen molar-refractivity contribution in [3.05, 3.63) is 0 Å². The molecule has 0 aromatic rings. The summed E-state index contributed by atoms with van der Waals surface area (Å²) in [5.41, 5.74) is 0.0856. The lowest BCUT2D eigenvalue weighted by Gasteiger charge is -2.57. The van der Waals surface area contributed by atoms with E-state index in [1.54, 1.807) is 0 Å². The van der Waals surface area contributed by atoms with Gasteiger partial charge in [0, 0.05) is 0 Å². The maximum Gasteiger partial charge on any atom is 0.0648 e. The number of fused-ring (bicyclic) bond motifs is 5. The first-order chi connectivity index (χ1) is 14.2. The van der Waals surface area contributed by atoms with Crippen LogP contribution in [0.4, 0.5) is 0 Å². The molecular weight excluding hydrogens is 368 g/mol. The molecule has 4 saturated carbocycles. The van der Waals surface area contributed by atoms with E-state index in [4.69, 9.17) is 0 Å². The zero-order valence-electron chi connectivity index (χ0n) is 20.6. The van der Waals surface area contributed by atoms with E-state index in [-0.39, 0.29) is 11.7 Å². The lowest BCUT2D eigenvalue weighted by Crippen LogP contribution is -2.51. The Morgan fingerprint density at radius 3 is 2.30 bits per heavy atom. The molecule has 0 heterocycles. The van der Waals surface area contributed by atoms with Gasteiger partial charge in [-0.15, -0.1) is 0 Å². The quantitative estimate of drug-likeness (QED) is 0.496. The summed E-state index contributed by atoms with van der Waals surface area (Å²) in [5, 5.41) is 21.9. The van der Waals surface area contributed by atoms with E-state index in [1.807, 2.05) is 0 Å². The first kappa shape index (κ1) is 23.1. The highest BCUT2D eigenvalue weighted by Gasteiger charge is 2.58. The largest absolute Gasteiger partial charge is 0.393 e. The summed E-state index contributed by atoms with van der Waals surface area (Å²) >= 11 is 0. The molecule has 0 unspecified atom stereocenters. The Labute approximate surface area is 186 Å². The van der Waals surface area contributed by atoms with Crippen LogP contribution in [-0.4, -0.2) is 21.9 Å². The van der Waals surface area contributed by atoms with Gasteiger partial charge in [-0.3, -0.25) is 0 Å². The Bertz CT molecular complexity index is 587. The van der Waals surface area contributed by atoms with Gasteiger partial charge in [0.2, 0.25) is 0 Å². The maximum atomic E-state index is 11.0. The van der Waals surface area contributed by atoms with Crippen LogP contribution < -0.4 is 0 Å². The van der Waals surface area contributed by atoms with Crippen LogP contribution in [0, 0.1) is 52.8 Å². The lowest BCUT2D eigenvalue weighted by atomic mass is 9.48. The van der Waals surface area contributed by atoms with Gasteiger partial charge in [0.25, 0.3) is 0 Å². The van der Waals surface area contributed by atoms with Gasteiger partial charge in [0.05, 0.1) is 11.7 Å². The molecule has 4 aliphatic rings. The van der Waals surface area contributed by atoms with Crippen LogP contribution in [0.2, 0.25) is 0 Å². The van der Waals surface area contributed by atoms with Gasteiger partial charge >= 0.3 is 0 Å². The van der Waals surface area contributed by atoms with Gasteiger partial charge in [0.1, 0.15) is 0 Å². The van der Waals surface area contributed by atoms with Crippen LogP contribution >= 0.6 is 0 Å². The van der Waals surface area contributed by atoms with E-state index in [9.17, 15) is 10.2 Å². The lowest BCUT2D eigenvalue weighted by molar-refractivity contribution is -0.112. The highest BCUT2D eigenvalue weighted by Crippen LogP contribution is 2.66. The molecule has 4 aliphatic carbocycles. The van der Waals surface area contributed by atoms with Crippen molar-refractivity contribution in [2.24, 2.45) is 52.8 Å². The van der Waals surface area contributed by atoms with Crippen LogP contribution in [0.1, 0.15) is 112 Å². The Balaban J connectivity index is 1.44. The standard InChI is InChI=1S/C28H50O2/c1-6-28(30)16-14-21-20(17-28)8-9-23-22(21)13-15-27(5)24(10-11-25(23)27)19(4)26(29)12-7-18(2)3/h18-26,29-30H,6-17H2,1-5H3/t19-,20-,21-,22+,23+,24+,25-,26+,27+,28-/m0/s1. The van der Waals surface area contributed by atoms with Crippen LogP contribution in [0.5, 0.6) is 0 Å². The van der Waals surface area contributed by atoms with Crippen molar-refractivity contribution in [2.45, 2.75) is 123 Å². The normalized spacial score (nSPS) is 48.0. The molecule has 2 N–H and O–H groups in total. The van der Waals surface area contributed by atoms with Crippen LogP contribution in [0.25, 0.3) is 0 Å². The van der Waals surface area contributed by atoms with Gasteiger partial charge in [-0.05, 0) is 130 Å². The number of aliphatic hydroxyl groups excluding tert-OH is 1. The van der Waals surface area contributed by atoms with Crippen molar-refractivity contribution in [2.75, 3.05) is 0 Å². The second-order valence-corrected chi connectivity index (χ2v) is 12.9. The van der Waals surface area contributed by atoms with E-state index in [2.05, 4.69) is 34.6 Å². The van der Waals surface area contributed by atoms with Crippen LogP contribution in [-0.2, 0) is 0 Å². The molecule has 174 valence electrons. The Kier molecular flexibility index (Phi) is 6.69. The van der Waals surface area contributed by atoms with Crippen molar-refractivity contribution < 1.29 is 10.2 Å². The minimum atomic E-state index is -0.364. The molecule has 0 saturated heterocycles. The summed E-state index contributed by atoms with van der Waals surface area (Å²) in [6.45, 7) is 11.7. The summed E-state index contributed by atoms with van der Waals surface area (Å²) in [5.74, 6) is 6.22. The first-order valence-electron chi connectivity index (χ1n) is 13.6. The van der Waals surface area contributed by atoms with Gasteiger partial charge in [-0.2, -0.15) is 0 Å². The number of hydrogen-bond donors (Lipinski definition) is 2. The topological polar surface area (TPSA) is 40.5 Å². The minimum Gasteiger partial charge on any atom is -0.393 e. The van der Waals surface area contributed by atoms with Crippen LogP contribution in [0.15, 0.2) is 0 Å². The third kappa shape index (κ3) is 4.02. The Morgan fingerprint density at radius 2 is 1.60 bits per heavy atom. The fourth-order valence-electron chi connectivity index (χ4n) is 9.22.